The molecule has 0 unspecified atom stereocenters. The minimum absolute atomic E-state index is 0.132. The summed E-state index contributed by atoms with van der Waals surface area (Å²) in [6, 6.07) is 4.83. The van der Waals surface area contributed by atoms with E-state index in [0.717, 1.165) is 0 Å². The second kappa shape index (κ2) is 5.48. The van der Waals surface area contributed by atoms with Crippen LogP contribution >= 0.6 is 11.6 Å². The van der Waals surface area contributed by atoms with Gasteiger partial charge in [-0.15, -0.1) is 0 Å². The molecule has 0 aromatic heterocycles. The van der Waals surface area contributed by atoms with Crippen LogP contribution < -0.4 is 11.5 Å². The number of nitrogen functional groups attached to an aromatic ring is 1. The van der Waals surface area contributed by atoms with Gasteiger partial charge >= 0.3 is 0 Å². The summed E-state index contributed by atoms with van der Waals surface area (Å²) in [7, 11) is 0. The summed E-state index contributed by atoms with van der Waals surface area (Å²) in [5.74, 6) is -0.559. The number of benzene rings is 1. The van der Waals surface area contributed by atoms with Gasteiger partial charge in [-0.1, -0.05) is 11.6 Å². The molecule has 1 aliphatic rings. The molecule has 5 nitrogen and oxygen atoms in total. The third kappa shape index (κ3) is 2.98. The number of rotatable bonds is 2. The summed E-state index contributed by atoms with van der Waals surface area (Å²) in [5, 5.41) is 0.349. The molecule has 1 heterocycles. The smallest absolute Gasteiger partial charge is 0.255 e. The molecule has 0 spiro atoms. The lowest BCUT2D eigenvalue weighted by Gasteiger charge is -2.30. The van der Waals surface area contributed by atoms with Crippen molar-refractivity contribution in [3.8, 4) is 0 Å². The van der Waals surface area contributed by atoms with Crippen LogP contribution in [0.15, 0.2) is 18.2 Å². The second-order valence-electron chi connectivity index (χ2n) is 4.71. The Kier molecular flexibility index (Phi) is 3.95. The van der Waals surface area contributed by atoms with Crippen LogP contribution in [0.5, 0.6) is 0 Å². The molecule has 1 aromatic carbocycles. The average molecular weight is 282 g/mol. The van der Waals surface area contributed by atoms with Crippen molar-refractivity contribution in [2.24, 2.45) is 11.7 Å². The zero-order chi connectivity index (χ0) is 14.0. The molecule has 2 rings (SSSR count). The van der Waals surface area contributed by atoms with Gasteiger partial charge in [-0.25, -0.2) is 0 Å². The molecule has 1 aromatic rings. The van der Waals surface area contributed by atoms with Gasteiger partial charge in [0.25, 0.3) is 5.91 Å². The Balaban J connectivity index is 2.07. The number of likely N-dealkylation sites (tertiary alicyclic amines) is 1. The highest BCUT2D eigenvalue weighted by atomic mass is 35.5. The zero-order valence-electron chi connectivity index (χ0n) is 10.4. The van der Waals surface area contributed by atoms with Gasteiger partial charge < -0.3 is 16.4 Å². The van der Waals surface area contributed by atoms with E-state index in [9.17, 15) is 9.59 Å². The molecule has 0 atom stereocenters. The first-order valence-electron chi connectivity index (χ1n) is 6.12. The third-order valence-electron chi connectivity index (χ3n) is 3.41. The maximum Gasteiger partial charge on any atom is 0.255 e. The van der Waals surface area contributed by atoms with Crippen molar-refractivity contribution < 1.29 is 9.59 Å². The molecule has 0 saturated carbocycles. The zero-order valence-corrected chi connectivity index (χ0v) is 11.2. The quantitative estimate of drug-likeness (QED) is 0.800. The van der Waals surface area contributed by atoms with Crippen molar-refractivity contribution in [2.45, 2.75) is 12.8 Å². The number of hydrogen-bond acceptors (Lipinski definition) is 3. The van der Waals surface area contributed by atoms with E-state index in [-0.39, 0.29) is 17.7 Å². The lowest BCUT2D eigenvalue weighted by Crippen LogP contribution is -2.41. The van der Waals surface area contributed by atoms with E-state index in [1.807, 2.05) is 0 Å². The number of anilines is 1. The maximum absolute atomic E-state index is 12.3. The van der Waals surface area contributed by atoms with Crippen LogP contribution in [0.3, 0.4) is 0 Å². The lowest BCUT2D eigenvalue weighted by atomic mass is 9.96. The molecule has 19 heavy (non-hydrogen) atoms. The Hall–Kier alpha value is -1.75. The van der Waals surface area contributed by atoms with E-state index in [2.05, 4.69) is 0 Å². The van der Waals surface area contributed by atoms with Gasteiger partial charge in [0.1, 0.15) is 0 Å². The largest absolute Gasteiger partial charge is 0.399 e. The molecule has 4 N–H and O–H groups in total. The number of amides is 2. The summed E-state index contributed by atoms with van der Waals surface area (Å²) in [5.41, 5.74) is 11.8. The van der Waals surface area contributed by atoms with E-state index in [1.54, 1.807) is 23.1 Å². The van der Waals surface area contributed by atoms with E-state index >= 15 is 0 Å². The van der Waals surface area contributed by atoms with Gasteiger partial charge in [-0.3, -0.25) is 9.59 Å². The summed E-state index contributed by atoms with van der Waals surface area (Å²) in [4.78, 5) is 25.1. The van der Waals surface area contributed by atoms with Gasteiger partial charge in [0.15, 0.2) is 0 Å². The van der Waals surface area contributed by atoms with E-state index in [0.29, 0.717) is 42.2 Å². The van der Waals surface area contributed by atoms with E-state index < -0.39 is 0 Å². The topological polar surface area (TPSA) is 89.4 Å². The second-order valence-corrected chi connectivity index (χ2v) is 5.12. The molecule has 0 bridgehead atoms. The number of primary amides is 1. The number of carbonyl (C=O) groups excluding carboxylic acids is 2. The fourth-order valence-electron chi connectivity index (χ4n) is 2.24. The van der Waals surface area contributed by atoms with Gasteiger partial charge in [0.05, 0.1) is 10.6 Å². The monoisotopic (exact) mass is 281 g/mol. The predicted molar refractivity (Wildman–Crippen MR) is 73.7 cm³/mol. The van der Waals surface area contributed by atoms with Crippen molar-refractivity contribution >= 4 is 29.1 Å². The molecule has 1 saturated heterocycles. The van der Waals surface area contributed by atoms with E-state index in [4.69, 9.17) is 23.1 Å². The van der Waals surface area contributed by atoms with Crippen molar-refractivity contribution in [1.29, 1.82) is 0 Å². The first-order chi connectivity index (χ1) is 8.99. The lowest BCUT2D eigenvalue weighted by molar-refractivity contribution is -0.123. The Morgan fingerprint density at radius 1 is 1.26 bits per heavy atom. The number of carbonyl (C=O) groups is 2. The highest BCUT2D eigenvalue weighted by Gasteiger charge is 2.27. The molecule has 0 aliphatic carbocycles. The van der Waals surface area contributed by atoms with Gasteiger partial charge in [-0.05, 0) is 31.0 Å². The van der Waals surface area contributed by atoms with Crippen LogP contribution in [0.4, 0.5) is 5.69 Å². The first-order valence-corrected chi connectivity index (χ1v) is 6.50. The van der Waals surface area contributed by atoms with Crippen molar-refractivity contribution in [2.75, 3.05) is 18.8 Å². The molecule has 2 amide bonds. The molecule has 6 heteroatoms. The predicted octanol–water partition coefficient (Wildman–Crippen LogP) is 1.26. The van der Waals surface area contributed by atoms with Crippen LogP contribution in [-0.4, -0.2) is 29.8 Å². The van der Waals surface area contributed by atoms with E-state index in [1.165, 1.54) is 0 Å². The van der Waals surface area contributed by atoms with Gasteiger partial charge in [0, 0.05) is 24.7 Å². The van der Waals surface area contributed by atoms with Gasteiger partial charge in [0.2, 0.25) is 5.91 Å². The SMILES string of the molecule is NC(=O)C1CCN(C(=O)c2ccc(N)cc2Cl)CC1. The van der Waals surface area contributed by atoms with Crippen molar-refractivity contribution in [1.82, 2.24) is 4.90 Å². The molecular formula is C13H16ClN3O2. The Morgan fingerprint density at radius 3 is 2.42 bits per heavy atom. The number of halogens is 1. The van der Waals surface area contributed by atoms with Crippen LogP contribution in [0.2, 0.25) is 5.02 Å². The first kappa shape index (κ1) is 13.7. The van der Waals surface area contributed by atoms with Gasteiger partial charge in [-0.2, -0.15) is 0 Å². The standard InChI is InChI=1S/C13H16ClN3O2/c14-11-7-9(15)1-2-10(11)13(19)17-5-3-8(4-6-17)12(16)18/h1-2,7-8H,3-6,15H2,(H2,16,18). The highest BCUT2D eigenvalue weighted by molar-refractivity contribution is 6.34. The Bertz CT molecular complexity index is 511. The van der Waals surface area contributed by atoms with Crippen molar-refractivity contribution in [3.63, 3.8) is 0 Å². The number of piperidine rings is 1. The Labute approximate surface area is 116 Å². The van der Waals surface area contributed by atoms with Crippen LogP contribution in [0, 0.1) is 5.92 Å². The number of nitrogens with two attached hydrogens (primary N) is 2. The molecule has 1 aliphatic heterocycles. The third-order valence-corrected chi connectivity index (χ3v) is 3.72. The number of hydrogen-bond donors (Lipinski definition) is 2. The van der Waals surface area contributed by atoms with Crippen LogP contribution in [-0.2, 0) is 4.79 Å². The molecule has 102 valence electrons. The minimum Gasteiger partial charge on any atom is -0.399 e. The van der Waals surface area contributed by atoms with Crippen LogP contribution in [0.25, 0.3) is 0 Å². The summed E-state index contributed by atoms with van der Waals surface area (Å²) >= 11 is 6.02. The van der Waals surface area contributed by atoms with Crippen LogP contribution in [0.1, 0.15) is 23.2 Å². The summed E-state index contributed by atoms with van der Waals surface area (Å²) in [6.45, 7) is 1.04. The van der Waals surface area contributed by atoms with Crippen molar-refractivity contribution in [3.05, 3.63) is 28.8 Å². The number of nitrogens with zero attached hydrogens (tertiary/aromatic N) is 1. The average Bonchev–Trinajstić information content (AvgIpc) is 2.38. The normalized spacial score (nSPS) is 16.4. The maximum atomic E-state index is 12.3. The fraction of sp³-hybridized carbons (Fsp3) is 0.385. The minimum atomic E-state index is -0.294. The summed E-state index contributed by atoms with van der Waals surface area (Å²) in [6.07, 6.45) is 1.21. The summed E-state index contributed by atoms with van der Waals surface area (Å²) < 4.78 is 0. The Morgan fingerprint density at radius 2 is 1.89 bits per heavy atom. The molecular weight excluding hydrogens is 266 g/mol. The fourth-order valence-corrected chi connectivity index (χ4v) is 2.51. The highest BCUT2D eigenvalue weighted by Crippen LogP contribution is 2.23. The molecule has 1 fully saturated rings. The molecule has 0 radical (unpaired) electrons.